The van der Waals surface area contributed by atoms with E-state index in [4.69, 9.17) is 0 Å². The summed E-state index contributed by atoms with van der Waals surface area (Å²) in [6.07, 6.45) is 3.70. The van der Waals surface area contributed by atoms with Gasteiger partial charge in [0, 0.05) is 11.6 Å². The molecule has 0 spiro atoms. The highest BCUT2D eigenvalue weighted by atomic mass is 19.1. The quantitative estimate of drug-likeness (QED) is 0.657. The molecule has 0 nitrogen and oxygen atoms in total. The van der Waals surface area contributed by atoms with Crippen LogP contribution < -0.4 is 0 Å². The molecule has 0 saturated heterocycles. The van der Waals surface area contributed by atoms with Crippen molar-refractivity contribution >= 4 is 5.57 Å². The third-order valence-electron chi connectivity index (χ3n) is 3.39. The smallest absolute Gasteiger partial charge is 0.133 e. The molecule has 0 N–H and O–H groups in total. The standard InChI is InChI=1S/C14H16F2/c1-3-10-5-4-6-11-7-12(15)8-13(16)14(11)9(10)2/h7-8H,3-6H2,1-2H3. The third-order valence-corrected chi connectivity index (χ3v) is 3.39. The lowest BCUT2D eigenvalue weighted by atomic mass is 9.96. The fourth-order valence-electron chi connectivity index (χ4n) is 2.54. The first-order chi connectivity index (χ1) is 7.63. The van der Waals surface area contributed by atoms with Crippen molar-refractivity contribution in [3.63, 3.8) is 0 Å². The van der Waals surface area contributed by atoms with Crippen molar-refractivity contribution < 1.29 is 8.78 Å². The lowest BCUT2D eigenvalue weighted by Crippen LogP contribution is -1.97. The Hall–Kier alpha value is -1.18. The second kappa shape index (κ2) is 4.36. The van der Waals surface area contributed by atoms with Gasteiger partial charge in [-0.1, -0.05) is 12.5 Å². The monoisotopic (exact) mass is 222 g/mol. The highest BCUT2D eigenvalue weighted by Crippen LogP contribution is 2.33. The lowest BCUT2D eigenvalue weighted by molar-refractivity contribution is 0.577. The number of allylic oxidation sites excluding steroid dienone is 2. The molecule has 2 rings (SSSR count). The summed E-state index contributed by atoms with van der Waals surface area (Å²) in [5.74, 6) is -0.885. The van der Waals surface area contributed by atoms with Crippen LogP contribution in [0.2, 0.25) is 0 Å². The fraction of sp³-hybridized carbons (Fsp3) is 0.429. The van der Waals surface area contributed by atoms with Gasteiger partial charge in [-0.05, 0) is 49.8 Å². The Labute approximate surface area is 95.0 Å². The summed E-state index contributed by atoms with van der Waals surface area (Å²) in [5.41, 5.74) is 3.76. The molecule has 16 heavy (non-hydrogen) atoms. The van der Waals surface area contributed by atoms with Gasteiger partial charge < -0.3 is 0 Å². The summed E-state index contributed by atoms with van der Waals surface area (Å²) in [6.45, 7) is 4.04. The molecule has 0 aromatic heterocycles. The summed E-state index contributed by atoms with van der Waals surface area (Å²) < 4.78 is 26.9. The lowest BCUT2D eigenvalue weighted by Gasteiger charge is -2.11. The first-order valence-corrected chi connectivity index (χ1v) is 5.80. The average Bonchev–Trinajstić information content (AvgIpc) is 2.37. The Bertz CT molecular complexity index is 444. The van der Waals surface area contributed by atoms with Crippen molar-refractivity contribution in [2.24, 2.45) is 0 Å². The van der Waals surface area contributed by atoms with Gasteiger partial charge in [0.1, 0.15) is 11.6 Å². The number of fused-ring (bicyclic) bond motifs is 1. The van der Waals surface area contributed by atoms with Crippen LogP contribution in [0.4, 0.5) is 8.78 Å². The average molecular weight is 222 g/mol. The number of aryl methyl sites for hydroxylation is 1. The van der Waals surface area contributed by atoms with Crippen molar-refractivity contribution in [2.75, 3.05) is 0 Å². The number of benzene rings is 1. The highest BCUT2D eigenvalue weighted by molar-refractivity contribution is 5.70. The molecule has 0 aliphatic heterocycles. The summed E-state index contributed by atoms with van der Waals surface area (Å²) >= 11 is 0. The Morgan fingerprint density at radius 3 is 2.62 bits per heavy atom. The zero-order valence-corrected chi connectivity index (χ0v) is 9.74. The number of halogens is 2. The van der Waals surface area contributed by atoms with Gasteiger partial charge in [0.25, 0.3) is 0 Å². The van der Waals surface area contributed by atoms with Crippen LogP contribution in [0.5, 0.6) is 0 Å². The predicted octanol–water partition coefficient (Wildman–Crippen LogP) is 4.48. The van der Waals surface area contributed by atoms with Crippen LogP contribution in [-0.4, -0.2) is 0 Å². The Kier molecular flexibility index (Phi) is 3.08. The van der Waals surface area contributed by atoms with E-state index in [0.29, 0.717) is 5.56 Å². The maximum absolute atomic E-state index is 13.8. The Morgan fingerprint density at radius 1 is 1.19 bits per heavy atom. The maximum atomic E-state index is 13.8. The minimum Gasteiger partial charge on any atom is -0.207 e. The van der Waals surface area contributed by atoms with E-state index in [9.17, 15) is 8.78 Å². The molecular formula is C14H16F2. The summed E-state index contributed by atoms with van der Waals surface area (Å²) in [5, 5.41) is 0. The normalized spacial score (nSPS) is 16.0. The van der Waals surface area contributed by atoms with Gasteiger partial charge in [0.15, 0.2) is 0 Å². The molecule has 1 aromatic rings. The van der Waals surface area contributed by atoms with Crippen LogP contribution in [0.3, 0.4) is 0 Å². The van der Waals surface area contributed by atoms with Gasteiger partial charge in [0.2, 0.25) is 0 Å². The molecule has 0 saturated carbocycles. The Balaban J connectivity index is 2.64. The van der Waals surface area contributed by atoms with E-state index in [0.717, 1.165) is 42.9 Å². The second-order valence-corrected chi connectivity index (χ2v) is 4.36. The Morgan fingerprint density at radius 2 is 1.94 bits per heavy atom. The first-order valence-electron chi connectivity index (χ1n) is 5.80. The molecule has 0 atom stereocenters. The van der Waals surface area contributed by atoms with Crippen LogP contribution in [0.15, 0.2) is 17.7 Å². The number of hydrogen-bond donors (Lipinski definition) is 0. The van der Waals surface area contributed by atoms with Crippen molar-refractivity contribution in [2.45, 2.75) is 39.5 Å². The minimum absolute atomic E-state index is 0.416. The summed E-state index contributed by atoms with van der Waals surface area (Å²) in [7, 11) is 0. The van der Waals surface area contributed by atoms with E-state index in [2.05, 4.69) is 6.92 Å². The largest absolute Gasteiger partial charge is 0.207 e. The molecule has 0 unspecified atom stereocenters. The SMILES string of the molecule is CCC1=C(C)c2c(F)cc(F)cc2CCC1. The fourth-order valence-corrected chi connectivity index (χ4v) is 2.54. The third kappa shape index (κ3) is 1.89. The molecule has 2 heteroatoms. The zero-order valence-electron chi connectivity index (χ0n) is 9.74. The van der Waals surface area contributed by atoms with Crippen molar-refractivity contribution in [3.05, 3.63) is 40.5 Å². The molecular weight excluding hydrogens is 206 g/mol. The van der Waals surface area contributed by atoms with E-state index in [1.165, 1.54) is 11.6 Å². The molecule has 0 fully saturated rings. The maximum Gasteiger partial charge on any atom is 0.133 e. The predicted molar refractivity (Wildman–Crippen MR) is 62.2 cm³/mol. The molecule has 0 heterocycles. The van der Waals surface area contributed by atoms with Crippen molar-refractivity contribution in [1.82, 2.24) is 0 Å². The van der Waals surface area contributed by atoms with Crippen LogP contribution >= 0.6 is 0 Å². The van der Waals surface area contributed by atoms with Crippen molar-refractivity contribution in [1.29, 1.82) is 0 Å². The second-order valence-electron chi connectivity index (χ2n) is 4.36. The molecule has 86 valence electrons. The molecule has 0 bridgehead atoms. The van der Waals surface area contributed by atoms with Gasteiger partial charge in [-0.25, -0.2) is 8.78 Å². The molecule has 1 aromatic carbocycles. The van der Waals surface area contributed by atoms with Gasteiger partial charge in [0.05, 0.1) is 0 Å². The van der Waals surface area contributed by atoms with E-state index >= 15 is 0 Å². The summed E-state index contributed by atoms with van der Waals surface area (Å²) in [6, 6.07) is 2.46. The van der Waals surface area contributed by atoms with E-state index in [-0.39, 0.29) is 0 Å². The van der Waals surface area contributed by atoms with E-state index < -0.39 is 11.6 Å². The van der Waals surface area contributed by atoms with E-state index in [1.54, 1.807) is 0 Å². The van der Waals surface area contributed by atoms with Crippen molar-refractivity contribution in [3.8, 4) is 0 Å². The van der Waals surface area contributed by atoms with Gasteiger partial charge >= 0.3 is 0 Å². The van der Waals surface area contributed by atoms with E-state index in [1.807, 2.05) is 6.92 Å². The number of hydrogen-bond acceptors (Lipinski definition) is 0. The molecule has 1 aliphatic rings. The summed E-state index contributed by atoms with van der Waals surface area (Å²) in [4.78, 5) is 0. The van der Waals surface area contributed by atoms with Crippen LogP contribution in [0.1, 0.15) is 44.2 Å². The number of rotatable bonds is 1. The van der Waals surface area contributed by atoms with Gasteiger partial charge in [-0.2, -0.15) is 0 Å². The minimum atomic E-state index is -0.469. The molecule has 1 aliphatic carbocycles. The van der Waals surface area contributed by atoms with Crippen LogP contribution in [0, 0.1) is 11.6 Å². The van der Waals surface area contributed by atoms with Gasteiger partial charge in [-0.3, -0.25) is 0 Å². The zero-order chi connectivity index (χ0) is 11.7. The first kappa shape index (κ1) is 11.3. The van der Waals surface area contributed by atoms with Crippen LogP contribution in [0.25, 0.3) is 5.57 Å². The van der Waals surface area contributed by atoms with Gasteiger partial charge in [-0.15, -0.1) is 0 Å². The molecule has 0 amide bonds. The van der Waals surface area contributed by atoms with Crippen LogP contribution in [-0.2, 0) is 6.42 Å². The topological polar surface area (TPSA) is 0 Å². The molecule has 0 radical (unpaired) electrons. The highest BCUT2D eigenvalue weighted by Gasteiger charge is 2.18.